The Balaban J connectivity index is 2.50. The lowest BCUT2D eigenvalue weighted by atomic mass is 10.3. The van der Waals surface area contributed by atoms with E-state index in [9.17, 15) is 18.0 Å². The molecule has 7 heteroatoms. The Morgan fingerprint density at radius 1 is 1.31 bits per heavy atom. The van der Waals surface area contributed by atoms with Crippen molar-refractivity contribution in [2.75, 3.05) is 17.6 Å². The lowest BCUT2D eigenvalue weighted by Gasteiger charge is -2.10. The van der Waals surface area contributed by atoms with Crippen LogP contribution in [-0.4, -0.2) is 18.8 Å². The number of hydrogen-bond donors (Lipinski definition) is 3. The fraction of sp³-hybridized carbons (Fsp3) is 0.222. The highest BCUT2D eigenvalue weighted by Gasteiger charge is 2.27. The SMILES string of the molecule is Nc1ccccc1NC(=O)NCC(F)(F)F. The minimum absolute atomic E-state index is 0.266. The number of amides is 2. The van der Waals surface area contributed by atoms with Crippen LogP contribution in [0.4, 0.5) is 29.3 Å². The summed E-state index contributed by atoms with van der Waals surface area (Å²) in [6.07, 6.45) is -4.43. The number of para-hydroxylation sites is 2. The maximum Gasteiger partial charge on any atom is 0.405 e. The highest BCUT2D eigenvalue weighted by Crippen LogP contribution is 2.16. The largest absolute Gasteiger partial charge is 0.405 e. The van der Waals surface area contributed by atoms with E-state index in [-0.39, 0.29) is 11.4 Å². The molecule has 0 bridgehead atoms. The molecule has 0 atom stereocenters. The second-order valence-electron chi connectivity index (χ2n) is 3.01. The Hall–Kier alpha value is -1.92. The van der Waals surface area contributed by atoms with Gasteiger partial charge in [-0.15, -0.1) is 0 Å². The van der Waals surface area contributed by atoms with Crippen LogP contribution in [0.2, 0.25) is 0 Å². The number of nitrogens with one attached hydrogen (secondary N) is 2. The molecule has 2 amide bonds. The minimum Gasteiger partial charge on any atom is -0.397 e. The molecule has 1 aromatic rings. The van der Waals surface area contributed by atoms with Gasteiger partial charge in [-0.2, -0.15) is 13.2 Å². The number of rotatable bonds is 2. The number of alkyl halides is 3. The molecule has 0 unspecified atom stereocenters. The van der Waals surface area contributed by atoms with Crippen LogP contribution >= 0.6 is 0 Å². The van der Waals surface area contributed by atoms with Crippen LogP contribution in [0.5, 0.6) is 0 Å². The van der Waals surface area contributed by atoms with Crippen LogP contribution in [-0.2, 0) is 0 Å². The summed E-state index contributed by atoms with van der Waals surface area (Å²) in [5, 5.41) is 3.88. The third-order valence-electron chi connectivity index (χ3n) is 1.66. The van der Waals surface area contributed by atoms with Crippen LogP contribution in [0, 0.1) is 0 Å². The summed E-state index contributed by atoms with van der Waals surface area (Å²) >= 11 is 0. The summed E-state index contributed by atoms with van der Waals surface area (Å²) in [6, 6.07) is 5.32. The average Bonchev–Trinajstić information content (AvgIpc) is 2.18. The lowest BCUT2D eigenvalue weighted by molar-refractivity contribution is -0.122. The van der Waals surface area contributed by atoms with Gasteiger partial charge in [0.25, 0.3) is 0 Å². The quantitative estimate of drug-likeness (QED) is 0.683. The Morgan fingerprint density at radius 3 is 2.50 bits per heavy atom. The maximum absolute atomic E-state index is 11.8. The van der Waals surface area contributed by atoms with Crippen LogP contribution in [0.15, 0.2) is 24.3 Å². The number of carbonyl (C=O) groups is 1. The summed E-state index contributed by atoms with van der Waals surface area (Å²) in [6.45, 7) is -1.38. The summed E-state index contributed by atoms with van der Waals surface area (Å²) in [4.78, 5) is 11.0. The molecule has 0 heterocycles. The van der Waals surface area contributed by atoms with Gasteiger partial charge in [0.2, 0.25) is 0 Å². The summed E-state index contributed by atoms with van der Waals surface area (Å²) < 4.78 is 35.3. The van der Waals surface area contributed by atoms with Gasteiger partial charge in [0.1, 0.15) is 6.54 Å². The molecular formula is C9H10F3N3O. The van der Waals surface area contributed by atoms with Crippen molar-refractivity contribution >= 4 is 17.4 Å². The zero-order valence-electron chi connectivity index (χ0n) is 8.14. The predicted octanol–water partition coefficient (Wildman–Crippen LogP) is 1.95. The maximum atomic E-state index is 11.8. The van der Waals surface area contributed by atoms with Gasteiger partial charge < -0.3 is 16.4 Å². The van der Waals surface area contributed by atoms with Crippen molar-refractivity contribution in [3.63, 3.8) is 0 Å². The monoisotopic (exact) mass is 233 g/mol. The lowest BCUT2D eigenvalue weighted by Crippen LogP contribution is -2.36. The van der Waals surface area contributed by atoms with Gasteiger partial charge in [-0.25, -0.2) is 4.79 Å². The fourth-order valence-corrected chi connectivity index (χ4v) is 0.958. The van der Waals surface area contributed by atoms with Crippen molar-refractivity contribution in [2.45, 2.75) is 6.18 Å². The van der Waals surface area contributed by atoms with E-state index in [4.69, 9.17) is 5.73 Å². The molecule has 1 rings (SSSR count). The number of nitrogen functional groups attached to an aromatic ring is 1. The van der Waals surface area contributed by atoms with Gasteiger partial charge in [-0.3, -0.25) is 0 Å². The smallest absolute Gasteiger partial charge is 0.397 e. The van der Waals surface area contributed by atoms with Crippen molar-refractivity contribution in [3.05, 3.63) is 24.3 Å². The highest BCUT2D eigenvalue weighted by atomic mass is 19.4. The number of halogens is 3. The molecule has 0 aliphatic rings. The Morgan fingerprint density at radius 2 is 1.94 bits per heavy atom. The van der Waals surface area contributed by atoms with E-state index in [1.54, 1.807) is 17.4 Å². The normalized spacial score (nSPS) is 10.9. The molecule has 0 fully saturated rings. The molecule has 0 saturated carbocycles. The minimum atomic E-state index is -4.43. The summed E-state index contributed by atoms with van der Waals surface area (Å²) in [5.74, 6) is 0. The third-order valence-corrected chi connectivity index (χ3v) is 1.66. The molecule has 0 aromatic heterocycles. The molecule has 0 spiro atoms. The Bertz CT molecular complexity index is 379. The summed E-state index contributed by atoms with van der Waals surface area (Å²) in [5.41, 5.74) is 6.03. The van der Waals surface area contributed by atoms with Crippen molar-refractivity contribution in [1.82, 2.24) is 5.32 Å². The molecule has 4 N–H and O–H groups in total. The van der Waals surface area contributed by atoms with E-state index in [2.05, 4.69) is 5.32 Å². The van der Waals surface area contributed by atoms with Gasteiger partial charge in [-0.1, -0.05) is 12.1 Å². The first kappa shape index (κ1) is 12.2. The molecule has 4 nitrogen and oxygen atoms in total. The number of nitrogens with two attached hydrogens (primary N) is 1. The highest BCUT2D eigenvalue weighted by molar-refractivity contribution is 5.92. The third kappa shape index (κ3) is 4.07. The molecule has 88 valence electrons. The van der Waals surface area contributed by atoms with Gasteiger partial charge in [0.05, 0.1) is 11.4 Å². The molecular weight excluding hydrogens is 223 g/mol. The first-order chi connectivity index (χ1) is 7.38. The van der Waals surface area contributed by atoms with Gasteiger partial charge in [0.15, 0.2) is 0 Å². The molecule has 0 saturated heterocycles. The zero-order valence-corrected chi connectivity index (χ0v) is 8.14. The van der Waals surface area contributed by atoms with Crippen molar-refractivity contribution in [2.24, 2.45) is 0 Å². The van der Waals surface area contributed by atoms with E-state index in [1.165, 1.54) is 12.1 Å². The molecule has 0 radical (unpaired) electrons. The van der Waals surface area contributed by atoms with E-state index >= 15 is 0 Å². The molecule has 16 heavy (non-hydrogen) atoms. The van der Waals surface area contributed by atoms with Gasteiger partial charge >= 0.3 is 12.2 Å². The Labute approximate surface area is 89.6 Å². The molecule has 1 aromatic carbocycles. The Kier molecular flexibility index (Phi) is 3.60. The van der Waals surface area contributed by atoms with E-state index in [0.29, 0.717) is 0 Å². The number of carbonyl (C=O) groups excluding carboxylic acids is 1. The number of anilines is 2. The van der Waals surface area contributed by atoms with Gasteiger partial charge in [0, 0.05) is 0 Å². The van der Waals surface area contributed by atoms with Crippen molar-refractivity contribution in [3.8, 4) is 0 Å². The molecule has 0 aliphatic heterocycles. The van der Waals surface area contributed by atoms with Crippen LogP contribution in [0.1, 0.15) is 0 Å². The summed E-state index contributed by atoms with van der Waals surface area (Å²) in [7, 11) is 0. The van der Waals surface area contributed by atoms with Gasteiger partial charge in [-0.05, 0) is 12.1 Å². The van der Waals surface area contributed by atoms with Crippen molar-refractivity contribution in [1.29, 1.82) is 0 Å². The van der Waals surface area contributed by atoms with Crippen LogP contribution in [0.25, 0.3) is 0 Å². The second kappa shape index (κ2) is 4.73. The average molecular weight is 233 g/mol. The van der Waals surface area contributed by atoms with Crippen LogP contribution < -0.4 is 16.4 Å². The van der Waals surface area contributed by atoms with E-state index in [0.717, 1.165) is 0 Å². The standard InChI is InChI=1S/C9H10F3N3O/c10-9(11,12)5-14-8(16)15-7-4-2-1-3-6(7)13/h1-4H,5,13H2,(H2,14,15,16). The van der Waals surface area contributed by atoms with Crippen molar-refractivity contribution < 1.29 is 18.0 Å². The molecule has 0 aliphatic carbocycles. The van der Waals surface area contributed by atoms with E-state index < -0.39 is 18.8 Å². The second-order valence-corrected chi connectivity index (χ2v) is 3.01. The van der Waals surface area contributed by atoms with E-state index in [1.807, 2.05) is 0 Å². The fourth-order valence-electron chi connectivity index (χ4n) is 0.958. The first-order valence-corrected chi connectivity index (χ1v) is 4.34. The first-order valence-electron chi connectivity index (χ1n) is 4.34. The zero-order chi connectivity index (χ0) is 12.2. The van der Waals surface area contributed by atoms with Crippen LogP contribution in [0.3, 0.4) is 0 Å². The predicted molar refractivity (Wildman–Crippen MR) is 53.9 cm³/mol. The number of hydrogen-bond acceptors (Lipinski definition) is 2. The number of urea groups is 1. The number of benzene rings is 1. The topological polar surface area (TPSA) is 67.1 Å².